The van der Waals surface area contributed by atoms with Crippen LogP contribution in [0, 0.1) is 5.41 Å². The van der Waals surface area contributed by atoms with Gasteiger partial charge < -0.3 is 15.4 Å². The summed E-state index contributed by atoms with van der Waals surface area (Å²) in [4.78, 5) is 11.4. The van der Waals surface area contributed by atoms with Gasteiger partial charge in [0, 0.05) is 13.1 Å². The molecule has 1 saturated heterocycles. The van der Waals surface area contributed by atoms with Crippen molar-refractivity contribution in [2.24, 2.45) is 5.41 Å². The van der Waals surface area contributed by atoms with E-state index in [1.807, 2.05) is 0 Å². The van der Waals surface area contributed by atoms with Crippen LogP contribution in [0.3, 0.4) is 0 Å². The van der Waals surface area contributed by atoms with Crippen molar-refractivity contribution in [3.63, 3.8) is 0 Å². The summed E-state index contributed by atoms with van der Waals surface area (Å²) < 4.78 is 30.9. The maximum atomic E-state index is 13.0. The number of hydrogen-bond donors (Lipinski definition) is 2. The standard InChI is InChI=1S/C11H20F2N2O2/c1-10(2,3)17-9(16)15-7-11(8(12)13)4-5-14-6-11/h8,14H,4-7H2,1-3H3,(H,15,16). The number of amides is 1. The first-order valence-corrected chi connectivity index (χ1v) is 5.71. The van der Waals surface area contributed by atoms with Crippen molar-refractivity contribution >= 4 is 6.09 Å². The van der Waals surface area contributed by atoms with Gasteiger partial charge in [0.2, 0.25) is 6.43 Å². The van der Waals surface area contributed by atoms with Crippen molar-refractivity contribution in [3.05, 3.63) is 0 Å². The number of hydrogen-bond acceptors (Lipinski definition) is 3. The number of carbonyl (C=O) groups is 1. The van der Waals surface area contributed by atoms with Gasteiger partial charge in [-0.15, -0.1) is 0 Å². The summed E-state index contributed by atoms with van der Waals surface area (Å²) in [5, 5.41) is 5.32. The van der Waals surface area contributed by atoms with Crippen LogP contribution in [0.15, 0.2) is 0 Å². The number of alkyl halides is 2. The highest BCUT2D eigenvalue weighted by Crippen LogP contribution is 2.32. The fraction of sp³-hybridized carbons (Fsp3) is 0.909. The summed E-state index contributed by atoms with van der Waals surface area (Å²) in [6.45, 7) is 5.90. The highest BCUT2D eigenvalue weighted by Gasteiger charge is 2.43. The zero-order valence-electron chi connectivity index (χ0n) is 10.5. The van der Waals surface area contributed by atoms with Gasteiger partial charge in [0.15, 0.2) is 0 Å². The van der Waals surface area contributed by atoms with E-state index in [0.717, 1.165) is 0 Å². The second-order valence-corrected chi connectivity index (χ2v) is 5.45. The first-order valence-electron chi connectivity index (χ1n) is 5.71. The monoisotopic (exact) mass is 250 g/mol. The lowest BCUT2D eigenvalue weighted by molar-refractivity contribution is 0.00383. The average molecular weight is 250 g/mol. The molecule has 0 aromatic heterocycles. The second-order valence-electron chi connectivity index (χ2n) is 5.45. The molecule has 1 heterocycles. The zero-order chi connectivity index (χ0) is 13.1. The van der Waals surface area contributed by atoms with Gasteiger partial charge in [0.1, 0.15) is 5.60 Å². The summed E-state index contributed by atoms with van der Waals surface area (Å²) in [6, 6.07) is 0. The molecule has 1 unspecified atom stereocenters. The van der Waals surface area contributed by atoms with Crippen LogP contribution in [0.2, 0.25) is 0 Å². The number of rotatable bonds is 3. The third-order valence-corrected chi connectivity index (χ3v) is 2.72. The van der Waals surface area contributed by atoms with Crippen molar-refractivity contribution in [2.75, 3.05) is 19.6 Å². The maximum absolute atomic E-state index is 13.0. The van der Waals surface area contributed by atoms with Gasteiger partial charge >= 0.3 is 6.09 Å². The molecule has 1 aliphatic rings. The molecular weight excluding hydrogens is 230 g/mol. The van der Waals surface area contributed by atoms with E-state index in [1.165, 1.54) is 0 Å². The lowest BCUT2D eigenvalue weighted by Crippen LogP contribution is -2.45. The van der Waals surface area contributed by atoms with Crippen LogP contribution >= 0.6 is 0 Å². The molecule has 0 radical (unpaired) electrons. The summed E-state index contributed by atoms with van der Waals surface area (Å²) in [6.07, 6.45) is -2.74. The number of nitrogens with one attached hydrogen (secondary N) is 2. The highest BCUT2D eigenvalue weighted by atomic mass is 19.3. The van der Waals surface area contributed by atoms with E-state index in [9.17, 15) is 13.6 Å². The third-order valence-electron chi connectivity index (χ3n) is 2.72. The molecule has 1 aliphatic heterocycles. The Morgan fingerprint density at radius 1 is 1.53 bits per heavy atom. The molecule has 0 bridgehead atoms. The molecular formula is C11H20F2N2O2. The average Bonchev–Trinajstić information content (AvgIpc) is 2.61. The molecule has 100 valence electrons. The smallest absolute Gasteiger partial charge is 0.407 e. The number of alkyl carbamates (subject to hydrolysis) is 1. The molecule has 1 fully saturated rings. The summed E-state index contributed by atoms with van der Waals surface area (Å²) in [5.41, 5.74) is -1.77. The lowest BCUT2D eigenvalue weighted by Gasteiger charge is -2.28. The molecule has 0 saturated carbocycles. The Bertz CT molecular complexity index is 271. The largest absolute Gasteiger partial charge is 0.444 e. The van der Waals surface area contributed by atoms with E-state index in [1.54, 1.807) is 20.8 Å². The van der Waals surface area contributed by atoms with Crippen LogP contribution in [0.5, 0.6) is 0 Å². The van der Waals surface area contributed by atoms with Gasteiger partial charge in [-0.2, -0.15) is 0 Å². The van der Waals surface area contributed by atoms with Gasteiger partial charge in [-0.25, -0.2) is 13.6 Å². The Hall–Kier alpha value is -0.910. The molecule has 0 aromatic rings. The third kappa shape index (κ3) is 4.11. The van der Waals surface area contributed by atoms with Gasteiger partial charge in [-0.1, -0.05) is 0 Å². The Balaban J connectivity index is 2.45. The number of carbonyl (C=O) groups excluding carboxylic acids is 1. The molecule has 1 amide bonds. The fourth-order valence-corrected chi connectivity index (χ4v) is 1.74. The van der Waals surface area contributed by atoms with Gasteiger partial charge in [-0.05, 0) is 33.7 Å². The van der Waals surface area contributed by atoms with Crippen molar-refractivity contribution in [2.45, 2.75) is 39.2 Å². The zero-order valence-corrected chi connectivity index (χ0v) is 10.5. The Kier molecular flexibility index (Phi) is 4.30. The van der Waals surface area contributed by atoms with Gasteiger partial charge in [0.05, 0.1) is 5.41 Å². The molecule has 0 aromatic carbocycles. The van der Waals surface area contributed by atoms with Crippen LogP contribution in [0.25, 0.3) is 0 Å². The molecule has 17 heavy (non-hydrogen) atoms. The van der Waals surface area contributed by atoms with E-state index in [2.05, 4.69) is 10.6 Å². The van der Waals surface area contributed by atoms with E-state index in [0.29, 0.717) is 13.0 Å². The molecule has 2 N–H and O–H groups in total. The van der Waals surface area contributed by atoms with Crippen LogP contribution in [-0.2, 0) is 4.74 Å². The second kappa shape index (κ2) is 5.16. The first-order chi connectivity index (χ1) is 7.75. The minimum Gasteiger partial charge on any atom is -0.444 e. The van der Waals surface area contributed by atoms with Crippen molar-refractivity contribution in [1.82, 2.24) is 10.6 Å². The van der Waals surface area contributed by atoms with Gasteiger partial charge in [-0.3, -0.25) is 0 Å². The minimum absolute atomic E-state index is 0.0629. The normalized spacial score (nSPS) is 25.1. The van der Waals surface area contributed by atoms with E-state index >= 15 is 0 Å². The molecule has 6 heteroatoms. The lowest BCUT2D eigenvalue weighted by atomic mass is 9.87. The van der Waals surface area contributed by atoms with E-state index in [-0.39, 0.29) is 13.1 Å². The van der Waals surface area contributed by atoms with Crippen LogP contribution < -0.4 is 10.6 Å². The Morgan fingerprint density at radius 3 is 2.59 bits per heavy atom. The molecule has 1 rings (SSSR count). The summed E-state index contributed by atoms with van der Waals surface area (Å²) in [7, 11) is 0. The molecule has 0 aliphatic carbocycles. The highest BCUT2D eigenvalue weighted by molar-refractivity contribution is 5.67. The predicted molar refractivity (Wildman–Crippen MR) is 60.2 cm³/mol. The number of ether oxygens (including phenoxy) is 1. The van der Waals surface area contributed by atoms with Crippen LogP contribution in [0.4, 0.5) is 13.6 Å². The summed E-state index contributed by atoms with van der Waals surface area (Å²) >= 11 is 0. The van der Waals surface area contributed by atoms with Crippen LogP contribution in [-0.4, -0.2) is 37.8 Å². The quantitative estimate of drug-likeness (QED) is 0.802. The van der Waals surface area contributed by atoms with Crippen molar-refractivity contribution in [3.8, 4) is 0 Å². The number of halogens is 2. The van der Waals surface area contributed by atoms with Crippen molar-refractivity contribution in [1.29, 1.82) is 0 Å². The minimum atomic E-state index is -2.45. The first kappa shape index (κ1) is 14.2. The van der Waals surface area contributed by atoms with E-state index < -0.39 is 23.5 Å². The topological polar surface area (TPSA) is 50.4 Å². The van der Waals surface area contributed by atoms with E-state index in [4.69, 9.17) is 4.74 Å². The maximum Gasteiger partial charge on any atom is 0.407 e. The van der Waals surface area contributed by atoms with Gasteiger partial charge in [0.25, 0.3) is 0 Å². The molecule has 1 atom stereocenters. The van der Waals surface area contributed by atoms with Crippen LogP contribution in [0.1, 0.15) is 27.2 Å². The van der Waals surface area contributed by atoms with Crippen molar-refractivity contribution < 1.29 is 18.3 Å². The SMILES string of the molecule is CC(C)(C)OC(=O)NCC1(C(F)F)CCNC1. The summed E-state index contributed by atoms with van der Waals surface area (Å²) in [5.74, 6) is 0. The Labute approximate surface area is 100 Å². The fourth-order valence-electron chi connectivity index (χ4n) is 1.74. The predicted octanol–water partition coefficient (Wildman–Crippen LogP) is 1.76. The molecule has 0 spiro atoms. The Morgan fingerprint density at radius 2 is 2.18 bits per heavy atom. The molecule has 4 nitrogen and oxygen atoms in total.